The van der Waals surface area contributed by atoms with E-state index in [1.165, 1.54) is 0 Å². The number of nitrogens with one attached hydrogen (secondary N) is 1. The summed E-state index contributed by atoms with van der Waals surface area (Å²) in [4.78, 5) is 52.7. The Balaban J connectivity index is 1.74. The lowest BCUT2D eigenvalue weighted by Gasteiger charge is -2.20. The number of carbonyl (C=O) groups excluding carboxylic acids is 3. The second-order valence-corrected chi connectivity index (χ2v) is 8.32. The van der Waals surface area contributed by atoms with Crippen molar-refractivity contribution >= 4 is 35.6 Å². The molecule has 0 saturated carbocycles. The zero-order valence-electron chi connectivity index (χ0n) is 20.0. The van der Waals surface area contributed by atoms with Crippen LogP contribution in [0.15, 0.2) is 72.8 Å². The highest BCUT2D eigenvalue weighted by Crippen LogP contribution is 2.20. The SMILES string of the molecule is Cc1ccc(C(=O)Nc2nc(N)nc(N(C(=O)c3ccc(C)cc3)C(=O)c3ccc(C)cc3)n2)cc1. The monoisotopic (exact) mass is 480 g/mol. The molecule has 0 spiro atoms. The molecule has 1 heterocycles. The zero-order chi connectivity index (χ0) is 25.8. The Labute approximate surface area is 208 Å². The Kier molecular flexibility index (Phi) is 6.82. The van der Waals surface area contributed by atoms with E-state index in [4.69, 9.17) is 5.73 Å². The molecule has 9 nitrogen and oxygen atoms in total. The van der Waals surface area contributed by atoms with E-state index >= 15 is 0 Å². The summed E-state index contributed by atoms with van der Waals surface area (Å²) >= 11 is 0. The number of nitrogens with two attached hydrogens (primary N) is 1. The van der Waals surface area contributed by atoms with Gasteiger partial charge in [-0.2, -0.15) is 15.0 Å². The molecule has 3 N–H and O–H groups in total. The molecule has 4 aromatic rings. The van der Waals surface area contributed by atoms with Crippen LogP contribution in [0.4, 0.5) is 17.8 Å². The Morgan fingerprint density at radius 1 is 0.639 bits per heavy atom. The van der Waals surface area contributed by atoms with Crippen LogP contribution in [0.3, 0.4) is 0 Å². The van der Waals surface area contributed by atoms with Crippen molar-refractivity contribution < 1.29 is 14.4 Å². The summed E-state index contributed by atoms with van der Waals surface area (Å²) < 4.78 is 0. The second kappa shape index (κ2) is 10.1. The average molecular weight is 481 g/mol. The fraction of sp³-hybridized carbons (Fsp3) is 0.111. The van der Waals surface area contributed by atoms with Crippen molar-refractivity contribution in [1.82, 2.24) is 15.0 Å². The number of amides is 3. The van der Waals surface area contributed by atoms with Gasteiger partial charge in [0.25, 0.3) is 17.7 Å². The van der Waals surface area contributed by atoms with Gasteiger partial charge < -0.3 is 5.73 Å². The van der Waals surface area contributed by atoms with Gasteiger partial charge in [-0.3, -0.25) is 19.7 Å². The van der Waals surface area contributed by atoms with E-state index in [0.29, 0.717) is 5.56 Å². The molecular weight excluding hydrogens is 456 g/mol. The third kappa shape index (κ3) is 5.41. The number of nitrogen functional groups attached to an aromatic ring is 1. The summed E-state index contributed by atoms with van der Waals surface area (Å²) in [7, 11) is 0. The van der Waals surface area contributed by atoms with Gasteiger partial charge in [-0.15, -0.1) is 0 Å². The van der Waals surface area contributed by atoms with E-state index < -0.39 is 17.7 Å². The summed E-state index contributed by atoms with van der Waals surface area (Å²) in [5, 5.41) is 2.56. The number of aromatic nitrogens is 3. The molecule has 180 valence electrons. The van der Waals surface area contributed by atoms with Crippen LogP contribution in [0.1, 0.15) is 47.8 Å². The van der Waals surface area contributed by atoms with Gasteiger partial charge in [0.05, 0.1) is 0 Å². The van der Waals surface area contributed by atoms with Gasteiger partial charge in [-0.05, 0) is 57.2 Å². The number of rotatable bonds is 5. The van der Waals surface area contributed by atoms with Gasteiger partial charge in [0.15, 0.2) is 0 Å². The lowest BCUT2D eigenvalue weighted by molar-refractivity contribution is 0.0894. The van der Waals surface area contributed by atoms with Crippen molar-refractivity contribution in [2.24, 2.45) is 0 Å². The summed E-state index contributed by atoms with van der Waals surface area (Å²) in [5.74, 6) is -2.55. The summed E-state index contributed by atoms with van der Waals surface area (Å²) in [6.45, 7) is 5.68. The molecule has 0 aliphatic heterocycles. The first-order valence-corrected chi connectivity index (χ1v) is 11.1. The highest BCUT2D eigenvalue weighted by atomic mass is 16.2. The Hall–Kier alpha value is -4.92. The van der Waals surface area contributed by atoms with Crippen molar-refractivity contribution in [3.63, 3.8) is 0 Å². The lowest BCUT2D eigenvalue weighted by Crippen LogP contribution is -2.39. The molecule has 3 amide bonds. The second-order valence-electron chi connectivity index (χ2n) is 8.32. The quantitative estimate of drug-likeness (QED) is 0.411. The minimum absolute atomic E-state index is 0.193. The molecule has 1 aromatic heterocycles. The topological polar surface area (TPSA) is 131 Å². The molecule has 0 unspecified atom stereocenters. The summed E-state index contributed by atoms with van der Waals surface area (Å²) in [6, 6.07) is 20.4. The Morgan fingerprint density at radius 3 is 1.50 bits per heavy atom. The fourth-order valence-electron chi connectivity index (χ4n) is 3.34. The van der Waals surface area contributed by atoms with Crippen molar-refractivity contribution in [2.45, 2.75) is 20.8 Å². The molecule has 0 radical (unpaired) electrons. The minimum Gasteiger partial charge on any atom is -0.368 e. The zero-order valence-corrected chi connectivity index (χ0v) is 20.0. The predicted octanol–water partition coefficient (Wildman–Crippen LogP) is 4.12. The van der Waals surface area contributed by atoms with Crippen molar-refractivity contribution in [3.8, 4) is 0 Å². The van der Waals surface area contributed by atoms with Crippen LogP contribution in [0.25, 0.3) is 0 Å². The number of imide groups is 1. The summed E-state index contributed by atoms with van der Waals surface area (Å²) in [6.07, 6.45) is 0. The van der Waals surface area contributed by atoms with Crippen LogP contribution in [0, 0.1) is 20.8 Å². The van der Waals surface area contributed by atoms with E-state index in [1.807, 2.05) is 20.8 Å². The van der Waals surface area contributed by atoms with Crippen LogP contribution in [0.2, 0.25) is 0 Å². The van der Waals surface area contributed by atoms with E-state index in [0.717, 1.165) is 21.6 Å². The normalized spacial score (nSPS) is 10.5. The average Bonchev–Trinajstić information content (AvgIpc) is 2.85. The summed E-state index contributed by atoms with van der Waals surface area (Å²) in [5.41, 5.74) is 9.68. The van der Waals surface area contributed by atoms with Crippen LogP contribution >= 0.6 is 0 Å². The number of hydrogen-bond acceptors (Lipinski definition) is 7. The molecule has 36 heavy (non-hydrogen) atoms. The van der Waals surface area contributed by atoms with Gasteiger partial charge in [-0.25, -0.2) is 4.90 Å². The first-order valence-electron chi connectivity index (χ1n) is 11.1. The molecule has 9 heteroatoms. The first-order chi connectivity index (χ1) is 17.2. The minimum atomic E-state index is -0.651. The van der Waals surface area contributed by atoms with Gasteiger partial charge in [-0.1, -0.05) is 53.1 Å². The maximum atomic E-state index is 13.5. The smallest absolute Gasteiger partial charge is 0.267 e. The van der Waals surface area contributed by atoms with E-state index in [1.54, 1.807) is 72.8 Å². The van der Waals surface area contributed by atoms with Gasteiger partial charge in [0.2, 0.25) is 17.8 Å². The number of hydrogen-bond donors (Lipinski definition) is 2. The molecule has 0 aliphatic rings. The third-order valence-electron chi connectivity index (χ3n) is 5.38. The predicted molar refractivity (Wildman–Crippen MR) is 137 cm³/mol. The van der Waals surface area contributed by atoms with Crippen molar-refractivity contribution in [2.75, 3.05) is 16.0 Å². The molecule has 0 aliphatic carbocycles. The first kappa shape index (κ1) is 24.2. The molecule has 3 aromatic carbocycles. The lowest BCUT2D eigenvalue weighted by atomic mass is 10.1. The fourth-order valence-corrected chi connectivity index (χ4v) is 3.34. The van der Waals surface area contributed by atoms with Crippen LogP contribution in [-0.4, -0.2) is 32.7 Å². The molecule has 0 atom stereocenters. The Morgan fingerprint density at radius 2 is 1.06 bits per heavy atom. The molecular formula is C27H24N6O3. The standard InChI is InChI=1S/C27H24N6O3/c1-16-4-10-19(11-5-16)22(34)29-26-30-25(28)31-27(32-26)33(23(35)20-12-6-17(2)7-13-20)24(36)21-14-8-18(3)9-15-21/h4-15H,1-3H3,(H3,28,29,30,31,32,34). The van der Waals surface area contributed by atoms with Crippen molar-refractivity contribution in [1.29, 1.82) is 0 Å². The number of aryl methyl sites for hydroxylation is 3. The van der Waals surface area contributed by atoms with Crippen LogP contribution < -0.4 is 16.0 Å². The van der Waals surface area contributed by atoms with E-state index in [2.05, 4.69) is 20.3 Å². The number of nitrogens with zero attached hydrogens (tertiary/aromatic N) is 4. The number of benzene rings is 3. The molecule has 0 fully saturated rings. The highest BCUT2D eigenvalue weighted by Gasteiger charge is 2.29. The largest absolute Gasteiger partial charge is 0.368 e. The van der Waals surface area contributed by atoms with Gasteiger partial charge in [0.1, 0.15) is 0 Å². The van der Waals surface area contributed by atoms with Crippen molar-refractivity contribution in [3.05, 3.63) is 106 Å². The Bertz CT molecular complexity index is 1370. The highest BCUT2D eigenvalue weighted by molar-refractivity contribution is 6.25. The van der Waals surface area contributed by atoms with Gasteiger partial charge in [0, 0.05) is 16.7 Å². The maximum absolute atomic E-state index is 13.5. The number of anilines is 3. The van der Waals surface area contributed by atoms with Crippen LogP contribution in [-0.2, 0) is 0 Å². The van der Waals surface area contributed by atoms with Gasteiger partial charge >= 0.3 is 0 Å². The third-order valence-corrected chi connectivity index (χ3v) is 5.38. The molecule has 0 saturated heterocycles. The molecule has 4 rings (SSSR count). The van der Waals surface area contributed by atoms with Crippen LogP contribution in [0.5, 0.6) is 0 Å². The molecule has 0 bridgehead atoms. The number of carbonyl (C=O) groups is 3. The van der Waals surface area contributed by atoms with E-state index in [-0.39, 0.29) is 29.0 Å². The maximum Gasteiger partial charge on any atom is 0.267 e. The van der Waals surface area contributed by atoms with E-state index in [9.17, 15) is 14.4 Å².